The number of carbonyl (C=O) groups is 1. The number of halogens is 1. The highest BCUT2D eigenvalue weighted by atomic mass is 32.1. The van der Waals surface area contributed by atoms with Gasteiger partial charge in [0.05, 0.1) is 12.6 Å². The van der Waals surface area contributed by atoms with Crippen LogP contribution in [0.25, 0.3) is 32.1 Å². The topological polar surface area (TPSA) is 51.2 Å². The molecule has 33 heavy (non-hydrogen) atoms. The number of amides is 1. The number of pyridine rings is 1. The Kier molecular flexibility index (Phi) is 5.75. The first-order valence-corrected chi connectivity index (χ1v) is 11.4. The van der Waals surface area contributed by atoms with E-state index >= 15 is 0 Å². The Labute approximate surface area is 194 Å². The molecule has 3 aromatic carbocycles. The number of benzene rings is 3. The van der Waals surface area contributed by atoms with Crippen LogP contribution in [0.3, 0.4) is 0 Å². The lowest BCUT2D eigenvalue weighted by Crippen LogP contribution is -2.25. The van der Waals surface area contributed by atoms with Crippen molar-refractivity contribution in [1.82, 2.24) is 10.3 Å². The fourth-order valence-corrected chi connectivity index (χ4v) is 5.22. The minimum absolute atomic E-state index is 0.150. The van der Waals surface area contributed by atoms with Gasteiger partial charge >= 0.3 is 0 Å². The van der Waals surface area contributed by atoms with Crippen LogP contribution in [0, 0.1) is 5.82 Å². The number of hydrogen-bond donors (Lipinski definition) is 1. The number of hydrogen-bond acceptors (Lipinski definition) is 4. The lowest BCUT2D eigenvalue weighted by Gasteiger charge is -2.08. The van der Waals surface area contributed by atoms with Gasteiger partial charge in [0.1, 0.15) is 16.4 Å². The van der Waals surface area contributed by atoms with Gasteiger partial charge in [0.15, 0.2) is 0 Å². The minimum atomic E-state index is -0.323. The lowest BCUT2D eigenvalue weighted by atomic mass is 10.0. The highest BCUT2D eigenvalue weighted by Gasteiger charge is 2.21. The van der Waals surface area contributed by atoms with Crippen LogP contribution in [0.2, 0.25) is 0 Å². The molecule has 5 rings (SSSR count). The molecule has 164 valence electrons. The van der Waals surface area contributed by atoms with E-state index in [1.54, 1.807) is 19.4 Å². The molecular weight excluding hydrogens is 435 g/mol. The van der Waals surface area contributed by atoms with Crippen molar-refractivity contribution in [2.75, 3.05) is 13.7 Å². The molecule has 5 aromatic rings. The number of fused-ring (bicyclic) bond motifs is 3. The first-order valence-electron chi connectivity index (χ1n) is 10.6. The second-order valence-electron chi connectivity index (χ2n) is 7.69. The van der Waals surface area contributed by atoms with Crippen molar-refractivity contribution in [3.8, 4) is 16.9 Å². The van der Waals surface area contributed by atoms with Gasteiger partial charge in [-0.1, -0.05) is 42.5 Å². The van der Waals surface area contributed by atoms with E-state index in [-0.39, 0.29) is 11.7 Å². The predicted molar refractivity (Wildman–Crippen MR) is 132 cm³/mol. The van der Waals surface area contributed by atoms with Crippen molar-refractivity contribution in [3.63, 3.8) is 0 Å². The minimum Gasteiger partial charge on any atom is -0.497 e. The fraction of sp³-hybridized carbons (Fsp3) is 0.111. The second kappa shape index (κ2) is 9.00. The summed E-state index contributed by atoms with van der Waals surface area (Å²) in [7, 11) is 1.64. The molecule has 0 fully saturated rings. The molecule has 0 bridgehead atoms. The third-order valence-electron chi connectivity index (χ3n) is 5.58. The number of nitrogens with one attached hydrogen (secondary N) is 1. The van der Waals surface area contributed by atoms with Crippen molar-refractivity contribution in [1.29, 1.82) is 0 Å². The largest absolute Gasteiger partial charge is 0.497 e. The summed E-state index contributed by atoms with van der Waals surface area (Å²) in [5.74, 6) is 0.319. The van der Waals surface area contributed by atoms with E-state index in [2.05, 4.69) is 10.3 Å². The first-order chi connectivity index (χ1) is 16.1. The van der Waals surface area contributed by atoms with Gasteiger partial charge in [0.25, 0.3) is 5.91 Å². The molecule has 0 spiro atoms. The highest BCUT2D eigenvalue weighted by molar-refractivity contribution is 7.22. The van der Waals surface area contributed by atoms with Crippen molar-refractivity contribution in [3.05, 3.63) is 95.3 Å². The molecule has 0 aliphatic rings. The van der Waals surface area contributed by atoms with E-state index in [1.165, 1.54) is 23.5 Å². The summed E-state index contributed by atoms with van der Waals surface area (Å²) < 4.78 is 20.2. The monoisotopic (exact) mass is 456 g/mol. The summed E-state index contributed by atoms with van der Waals surface area (Å²) in [4.78, 5) is 18.4. The maximum atomic E-state index is 14.0. The third-order valence-corrected chi connectivity index (χ3v) is 6.82. The molecular formula is C27H21FN2O2S. The SMILES string of the molecule is COc1cccc(CCNC(=O)c2sc3c(cnc4ccc(F)cc43)c2-c2ccccc2)c1. The Hall–Kier alpha value is -3.77. The molecule has 4 nitrogen and oxygen atoms in total. The van der Waals surface area contributed by atoms with Gasteiger partial charge in [-0.05, 0) is 47.9 Å². The van der Waals surface area contributed by atoms with Crippen LogP contribution in [0.1, 0.15) is 15.2 Å². The summed E-state index contributed by atoms with van der Waals surface area (Å²) in [5, 5.41) is 4.61. The number of rotatable bonds is 6. The molecule has 2 aromatic heterocycles. The molecule has 0 saturated heterocycles. The van der Waals surface area contributed by atoms with Gasteiger partial charge in [0.2, 0.25) is 0 Å². The van der Waals surface area contributed by atoms with Gasteiger partial charge in [-0.15, -0.1) is 11.3 Å². The van der Waals surface area contributed by atoms with Crippen molar-refractivity contribution >= 4 is 38.2 Å². The third kappa shape index (κ3) is 4.17. The van der Waals surface area contributed by atoms with E-state index in [0.29, 0.717) is 28.7 Å². The quantitative estimate of drug-likeness (QED) is 0.329. The van der Waals surface area contributed by atoms with Crippen LogP contribution in [0.5, 0.6) is 5.75 Å². The first kappa shape index (κ1) is 21.1. The molecule has 0 atom stereocenters. The predicted octanol–water partition coefficient (Wildman–Crippen LogP) is 6.24. The van der Waals surface area contributed by atoms with E-state index in [0.717, 1.165) is 32.5 Å². The summed E-state index contributed by atoms with van der Waals surface area (Å²) >= 11 is 1.38. The van der Waals surface area contributed by atoms with E-state index in [9.17, 15) is 9.18 Å². The average Bonchev–Trinajstić information content (AvgIpc) is 3.25. The molecule has 0 radical (unpaired) electrons. The Morgan fingerprint density at radius 1 is 1.03 bits per heavy atom. The van der Waals surface area contributed by atoms with Crippen LogP contribution in [0.4, 0.5) is 4.39 Å². The van der Waals surface area contributed by atoms with E-state index in [1.807, 2.05) is 54.6 Å². The molecule has 2 heterocycles. The van der Waals surface area contributed by atoms with Crippen molar-refractivity contribution < 1.29 is 13.9 Å². The van der Waals surface area contributed by atoms with Gasteiger partial charge in [-0.25, -0.2) is 4.39 Å². The Bertz CT molecular complexity index is 1460. The van der Waals surface area contributed by atoms with Crippen LogP contribution in [0.15, 0.2) is 79.0 Å². The summed E-state index contributed by atoms with van der Waals surface area (Å²) in [6, 6.07) is 22.1. The van der Waals surface area contributed by atoms with Gasteiger partial charge in [-0.3, -0.25) is 9.78 Å². The lowest BCUT2D eigenvalue weighted by molar-refractivity contribution is 0.0959. The Morgan fingerprint density at radius 3 is 2.70 bits per heavy atom. The van der Waals surface area contributed by atoms with Gasteiger partial charge < -0.3 is 10.1 Å². The zero-order valence-electron chi connectivity index (χ0n) is 18.0. The zero-order valence-corrected chi connectivity index (χ0v) is 18.8. The molecule has 6 heteroatoms. The molecule has 1 amide bonds. The maximum Gasteiger partial charge on any atom is 0.262 e. The normalized spacial score (nSPS) is 11.1. The Balaban J connectivity index is 1.52. The zero-order chi connectivity index (χ0) is 22.8. The standard InChI is InChI=1S/C27H21FN2O2S/c1-32-20-9-5-6-17(14-20)12-13-29-27(31)26-24(18-7-3-2-4-8-18)22-16-30-23-11-10-19(28)15-21(23)25(22)33-26/h2-11,14-16H,12-13H2,1H3,(H,29,31). The number of aromatic nitrogens is 1. The molecule has 0 aliphatic carbocycles. The van der Waals surface area contributed by atoms with E-state index in [4.69, 9.17) is 4.74 Å². The number of carbonyl (C=O) groups excluding carboxylic acids is 1. The smallest absolute Gasteiger partial charge is 0.262 e. The summed E-state index contributed by atoms with van der Waals surface area (Å²) in [6.45, 7) is 0.488. The number of ether oxygens (including phenoxy) is 1. The fourth-order valence-electron chi connectivity index (χ4n) is 3.98. The number of methoxy groups -OCH3 is 1. The number of thiophene rings is 1. The van der Waals surface area contributed by atoms with Crippen molar-refractivity contribution in [2.45, 2.75) is 6.42 Å². The summed E-state index contributed by atoms with van der Waals surface area (Å²) in [6.07, 6.45) is 2.46. The maximum absolute atomic E-state index is 14.0. The molecule has 0 saturated carbocycles. The highest BCUT2D eigenvalue weighted by Crippen LogP contribution is 2.41. The van der Waals surface area contributed by atoms with Crippen molar-refractivity contribution in [2.24, 2.45) is 0 Å². The molecule has 0 aliphatic heterocycles. The van der Waals surface area contributed by atoms with E-state index < -0.39 is 0 Å². The van der Waals surface area contributed by atoms with Crippen LogP contribution in [-0.4, -0.2) is 24.5 Å². The summed E-state index contributed by atoms with van der Waals surface area (Å²) in [5.41, 5.74) is 3.54. The van der Waals surface area contributed by atoms with Crippen LogP contribution in [-0.2, 0) is 6.42 Å². The molecule has 1 N–H and O–H groups in total. The van der Waals surface area contributed by atoms with Gasteiger partial charge in [-0.2, -0.15) is 0 Å². The van der Waals surface area contributed by atoms with Crippen LogP contribution >= 0.6 is 11.3 Å². The van der Waals surface area contributed by atoms with Crippen LogP contribution < -0.4 is 10.1 Å². The number of nitrogens with zero attached hydrogens (tertiary/aromatic N) is 1. The average molecular weight is 457 g/mol. The molecule has 0 unspecified atom stereocenters. The Morgan fingerprint density at radius 2 is 1.88 bits per heavy atom. The second-order valence-corrected chi connectivity index (χ2v) is 8.71. The van der Waals surface area contributed by atoms with Gasteiger partial charge in [0, 0.05) is 33.8 Å².